The molecule has 0 amide bonds. The summed E-state index contributed by atoms with van der Waals surface area (Å²) in [6.07, 6.45) is -20.6. The third-order valence-electron chi connectivity index (χ3n) is 9.82. The second-order valence-corrected chi connectivity index (χ2v) is 13.3. The van der Waals surface area contributed by atoms with Crippen molar-refractivity contribution in [2.45, 2.75) is 24.7 Å². The molecule has 0 aromatic heterocycles. The van der Waals surface area contributed by atoms with Crippen molar-refractivity contribution < 1.29 is 52.7 Å². The number of halogens is 12. The van der Waals surface area contributed by atoms with Crippen molar-refractivity contribution >= 4 is 43.1 Å². The molecule has 0 aliphatic carbocycles. The Bertz CT molecular complexity index is 2600. The Balaban J connectivity index is 1.60. The third-order valence-corrected chi connectivity index (χ3v) is 9.82. The Morgan fingerprint density at radius 2 is 0.589 bits per heavy atom. The molecule has 0 atom stereocenters. The highest BCUT2D eigenvalue weighted by Crippen LogP contribution is 2.50. The molecule has 0 aliphatic heterocycles. The number of fused-ring (bicyclic) bond motifs is 4. The molecular weight excluding hydrogens is 756 g/mol. The average molecular weight is 779 g/mol. The molecule has 8 rings (SSSR count). The Kier molecular flexibility index (Phi) is 8.41. The first kappa shape index (κ1) is 36.9. The van der Waals surface area contributed by atoms with Gasteiger partial charge in [-0.05, 0) is 125 Å². The number of alkyl halides is 12. The summed E-state index contributed by atoms with van der Waals surface area (Å²) in [6, 6.07) is 28.6. The van der Waals surface area contributed by atoms with Crippen LogP contribution in [0.2, 0.25) is 0 Å². The maximum Gasteiger partial charge on any atom is 0.416 e. The largest absolute Gasteiger partial charge is 0.416 e. The number of benzene rings is 8. The zero-order valence-corrected chi connectivity index (χ0v) is 28.2. The summed E-state index contributed by atoms with van der Waals surface area (Å²) < 4.78 is 170. The first-order valence-electron chi connectivity index (χ1n) is 16.8. The molecule has 0 saturated heterocycles. The molecule has 0 saturated carbocycles. The van der Waals surface area contributed by atoms with Crippen molar-refractivity contribution in [3.8, 4) is 33.4 Å². The standard InChI is InChI=1S/C44H22F12/c45-41(46,47)29-17-27(18-30(21-29)42(48,49)50)35-13-5-9-25-15-23-7-1-3-11-33(23)39(37(25)35)40-34-12-4-2-8-24(34)16-26-10-6-14-36(38(26)40)28-19-31(43(51,52)53)22-32(20-28)44(54,55)56/h1-22H. The normalized spacial score (nSPS) is 13.0. The first-order chi connectivity index (χ1) is 26.3. The molecule has 56 heavy (non-hydrogen) atoms. The van der Waals surface area contributed by atoms with E-state index < -0.39 is 58.1 Å². The fourth-order valence-corrected chi connectivity index (χ4v) is 7.47. The van der Waals surface area contributed by atoms with Crippen molar-refractivity contribution in [1.82, 2.24) is 0 Å². The SMILES string of the molecule is FC(F)(F)c1cc(-c2cccc3cc4ccccc4c(-c4c5ccccc5cc5cccc(-c6cc(C(F)(F)F)cc(C(F)(F)F)c6)c45)c23)cc(C(F)(F)F)c1. The topological polar surface area (TPSA) is 0 Å². The van der Waals surface area contributed by atoms with Crippen LogP contribution >= 0.6 is 0 Å². The maximum absolute atomic E-state index is 14.2. The van der Waals surface area contributed by atoms with Gasteiger partial charge < -0.3 is 0 Å². The molecule has 0 spiro atoms. The first-order valence-corrected chi connectivity index (χ1v) is 16.8. The smallest absolute Gasteiger partial charge is 0.166 e. The molecule has 0 N–H and O–H groups in total. The lowest BCUT2D eigenvalue weighted by molar-refractivity contribution is -0.144. The van der Waals surface area contributed by atoms with E-state index in [-0.39, 0.29) is 34.0 Å². The van der Waals surface area contributed by atoms with Gasteiger partial charge in [-0.3, -0.25) is 0 Å². The van der Waals surface area contributed by atoms with Crippen molar-refractivity contribution in [2.75, 3.05) is 0 Å². The molecule has 0 radical (unpaired) electrons. The molecule has 0 nitrogen and oxygen atoms in total. The molecule has 0 fully saturated rings. The summed E-state index contributed by atoms with van der Waals surface area (Å²) in [5, 5.41) is 3.38. The Labute approximate surface area is 309 Å². The highest BCUT2D eigenvalue weighted by atomic mass is 19.4. The van der Waals surface area contributed by atoms with Gasteiger partial charge in [-0.15, -0.1) is 0 Å². The van der Waals surface area contributed by atoms with Crippen LogP contribution in [-0.4, -0.2) is 0 Å². The van der Waals surface area contributed by atoms with Gasteiger partial charge in [0.2, 0.25) is 0 Å². The van der Waals surface area contributed by atoms with Gasteiger partial charge in [0.1, 0.15) is 0 Å². The van der Waals surface area contributed by atoms with Gasteiger partial charge in [0.25, 0.3) is 0 Å². The van der Waals surface area contributed by atoms with E-state index in [1.54, 1.807) is 72.8 Å². The fraction of sp³-hybridized carbons (Fsp3) is 0.0909. The van der Waals surface area contributed by atoms with Crippen LogP contribution in [0, 0.1) is 0 Å². The van der Waals surface area contributed by atoms with E-state index in [2.05, 4.69) is 0 Å². The molecule has 0 bridgehead atoms. The van der Waals surface area contributed by atoms with Crippen LogP contribution in [0.4, 0.5) is 52.7 Å². The van der Waals surface area contributed by atoms with Gasteiger partial charge in [0, 0.05) is 0 Å². The summed E-state index contributed by atoms with van der Waals surface area (Å²) in [7, 11) is 0. The predicted molar refractivity (Wildman–Crippen MR) is 193 cm³/mol. The second-order valence-electron chi connectivity index (χ2n) is 13.3. The summed E-state index contributed by atoms with van der Waals surface area (Å²) >= 11 is 0. The number of hydrogen-bond acceptors (Lipinski definition) is 0. The Morgan fingerprint density at radius 3 is 0.911 bits per heavy atom. The zero-order valence-electron chi connectivity index (χ0n) is 28.2. The highest BCUT2D eigenvalue weighted by molar-refractivity contribution is 6.27. The van der Waals surface area contributed by atoms with Gasteiger partial charge in [-0.1, -0.05) is 84.9 Å². The summed E-state index contributed by atoms with van der Waals surface area (Å²) in [5.74, 6) is 0. The summed E-state index contributed by atoms with van der Waals surface area (Å²) in [6.45, 7) is 0. The van der Waals surface area contributed by atoms with Gasteiger partial charge in [-0.2, -0.15) is 52.7 Å². The van der Waals surface area contributed by atoms with E-state index >= 15 is 0 Å². The molecule has 282 valence electrons. The number of hydrogen-bond donors (Lipinski definition) is 0. The summed E-state index contributed by atoms with van der Waals surface area (Å²) in [5.41, 5.74) is -6.40. The van der Waals surface area contributed by atoms with Crippen LogP contribution in [0.1, 0.15) is 22.3 Å². The lowest BCUT2D eigenvalue weighted by Crippen LogP contribution is -2.11. The Morgan fingerprint density at radius 1 is 0.286 bits per heavy atom. The van der Waals surface area contributed by atoms with E-state index in [9.17, 15) is 52.7 Å². The fourth-order valence-electron chi connectivity index (χ4n) is 7.47. The third kappa shape index (κ3) is 6.46. The monoisotopic (exact) mass is 778 g/mol. The molecular formula is C44H22F12. The van der Waals surface area contributed by atoms with Crippen molar-refractivity contribution in [1.29, 1.82) is 0 Å². The minimum Gasteiger partial charge on any atom is -0.166 e. The van der Waals surface area contributed by atoms with E-state index in [1.165, 1.54) is 24.3 Å². The highest BCUT2D eigenvalue weighted by Gasteiger charge is 2.39. The van der Waals surface area contributed by atoms with Gasteiger partial charge in [-0.25, -0.2) is 0 Å². The molecule has 8 aromatic rings. The maximum atomic E-state index is 14.2. The summed E-state index contributed by atoms with van der Waals surface area (Å²) in [4.78, 5) is 0. The van der Waals surface area contributed by atoms with Crippen LogP contribution in [0.25, 0.3) is 76.5 Å². The van der Waals surface area contributed by atoms with E-state index in [0.717, 1.165) is 0 Å². The molecule has 0 heterocycles. The lowest BCUT2D eigenvalue weighted by atomic mass is 9.81. The predicted octanol–water partition coefficient (Wildman–Crippen LogP) is 15.4. The molecule has 8 aromatic carbocycles. The van der Waals surface area contributed by atoms with Gasteiger partial charge >= 0.3 is 24.7 Å². The van der Waals surface area contributed by atoms with E-state index in [1.807, 2.05) is 0 Å². The van der Waals surface area contributed by atoms with Crippen LogP contribution < -0.4 is 0 Å². The molecule has 12 heteroatoms. The zero-order chi connectivity index (χ0) is 39.9. The quantitative estimate of drug-likeness (QED) is 0.124. The van der Waals surface area contributed by atoms with Crippen molar-refractivity contribution in [2.24, 2.45) is 0 Å². The Hall–Kier alpha value is -6.04. The van der Waals surface area contributed by atoms with Crippen molar-refractivity contribution in [3.05, 3.63) is 156 Å². The van der Waals surface area contributed by atoms with Crippen molar-refractivity contribution in [3.63, 3.8) is 0 Å². The van der Waals surface area contributed by atoms with Crippen LogP contribution in [-0.2, 0) is 24.7 Å². The number of rotatable bonds is 3. The average Bonchev–Trinajstić information content (AvgIpc) is 3.14. The van der Waals surface area contributed by atoms with Crippen LogP contribution in [0.5, 0.6) is 0 Å². The van der Waals surface area contributed by atoms with Crippen LogP contribution in [0.15, 0.2) is 133 Å². The molecule has 0 unspecified atom stereocenters. The van der Waals surface area contributed by atoms with Gasteiger partial charge in [0.15, 0.2) is 0 Å². The van der Waals surface area contributed by atoms with Crippen LogP contribution in [0.3, 0.4) is 0 Å². The second kappa shape index (κ2) is 12.8. The van der Waals surface area contributed by atoms with E-state index in [0.29, 0.717) is 67.7 Å². The minimum absolute atomic E-state index is 0.0168. The molecule has 0 aliphatic rings. The lowest BCUT2D eigenvalue weighted by Gasteiger charge is -2.22. The van der Waals surface area contributed by atoms with Gasteiger partial charge in [0.05, 0.1) is 22.3 Å². The van der Waals surface area contributed by atoms with E-state index in [4.69, 9.17) is 0 Å². The minimum atomic E-state index is -5.16.